The maximum atomic E-state index is 11.7. The predicted octanol–water partition coefficient (Wildman–Crippen LogP) is 1.50. The number of carboxylic acids is 1. The van der Waals surface area contributed by atoms with Crippen molar-refractivity contribution in [3.63, 3.8) is 0 Å². The van der Waals surface area contributed by atoms with E-state index in [1.54, 1.807) is 12.1 Å². The first-order valence-electron chi connectivity index (χ1n) is 7.32. The van der Waals surface area contributed by atoms with Gasteiger partial charge in [0.2, 0.25) is 5.82 Å². The number of H-pyrrole nitrogens is 1. The Morgan fingerprint density at radius 2 is 1.82 bits per heavy atom. The number of aromatic amines is 1. The molecular formula is C15H18N4O3. The van der Waals surface area contributed by atoms with E-state index < -0.39 is 11.7 Å². The molecule has 7 nitrogen and oxygen atoms in total. The third-order valence-corrected chi connectivity index (χ3v) is 4.06. The van der Waals surface area contributed by atoms with Crippen LogP contribution in [0.1, 0.15) is 30.4 Å². The second-order valence-corrected chi connectivity index (χ2v) is 5.68. The van der Waals surface area contributed by atoms with Crippen molar-refractivity contribution < 1.29 is 9.90 Å². The molecule has 2 aromatic rings. The molecule has 0 amide bonds. The Balaban J connectivity index is 1.82. The lowest BCUT2D eigenvalue weighted by atomic mass is 9.99. The highest BCUT2D eigenvalue weighted by atomic mass is 16.4. The van der Waals surface area contributed by atoms with Gasteiger partial charge in [0.1, 0.15) is 0 Å². The van der Waals surface area contributed by atoms with E-state index in [0.29, 0.717) is 5.69 Å². The van der Waals surface area contributed by atoms with Gasteiger partial charge in [-0.2, -0.15) is 4.68 Å². The number of carbonyl (C=O) groups is 1. The van der Waals surface area contributed by atoms with Gasteiger partial charge in [-0.25, -0.2) is 9.59 Å². The highest BCUT2D eigenvalue weighted by Crippen LogP contribution is 2.23. The minimum Gasteiger partial charge on any atom is -0.475 e. The van der Waals surface area contributed by atoms with Crippen LogP contribution >= 0.6 is 0 Å². The Morgan fingerprint density at radius 3 is 2.36 bits per heavy atom. The number of rotatable bonds is 3. The molecule has 0 saturated carbocycles. The van der Waals surface area contributed by atoms with Gasteiger partial charge in [-0.15, -0.1) is 5.10 Å². The quantitative estimate of drug-likeness (QED) is 0.896. The van der Waals surface area contributed by atoms with Crippen LogP contribution in [-0.4, -0.2) is 38.9 Å². The fourth-order valence-corrected chi connectivity index (χ4v) is 2.67. The highest BCUT2D eigenvalue weighted by molar-refractivity contribution is 5.82. The largest absolute Gasteiger partial charge is 0.475 e. The van der Waals surface area contributed by atoms with Crippen LogP contribution in [-0.2, 0) is 0 Å². The van der Waals surface area contributed by atoms with Crippen molar-refractivity contribution in [3.8, 4) is 5.69 Å². The van der Waals surface area contributed by atoms with Crippen LogP contribution < -0.4 is 10.6 Å². The summed E-state index contributed by atoms with van der Waals surface area (Å²) in [7, 11) is 0. The summed E-state index contributed by atoms with van der Waals surface area (Å²) in [6.07, 6.45) is 2.37. The fourth-order valence-electron chi connectivity index (χ4n) is 2.67. The molecule has 1 fully saturated rings. The van der Waals surface area contributed by atoms with Crippen LogP contribution in [0.3, 0.4) is 0 Å². The van der Waals surface area contributed by atoms with E-state index in [2.05, 4.69) is 21.9 Å². The summed E-state index contributed by atoms with van der Waals surface area (Å²) in [6, 6.07) is 7.43. The molecule has 0 spiro atoms. The van der Waals surface area contributed by atoms with E-state index in [4.69, 9.17) is 5.11 Å². The molecule has 1 aromatic carbocycles. The number of aromatic nitrogens is 3. The van der Waals surface area contributed by atoms with Crippen LogP contribution in [0.15, 0.2) is 29.1 Å². The highest BCUT2D eigenvalue weighted by Gasteiger charge is 2.17. The van der Waals surface area contributed by atoms with Gasteiger partial charge in [0.05, 0.1) is 5.69 Å². The third-order valence-electron chi connectivity index (χ3n) is 4.06. The Labute approximate surface area is 127 Å². The molecule has 1 aliphatic heterocycles. The Bertz CT molecular complexity index is 724. The van der Waals surface area contributed by atoms with Crippen LogP contribution in [0.25, 0.3) is 5.69 Å². The van der Waals surface area contributed by atoms with E-state index in [0.717, 1.165) is 29.4 Å². The topological polar surface area (TPSA) is 91.2 Å². The second kappa shape index (κ2) is 5.67. The molecular weight excluding hydrogens is 284 g/mol. The maximum Gasteiger partial charge on any atom is 0.373 e. The van der Waals surface area contributed by atoms with Gasteiger partial charge in [0, 0.05) is 18.8 Å². The molecule has 1 aliphatic rings. The number of piperidine rings is 1. The van der Waals surface area contributed by atoms with Gasteiger partial charge in [-0.3, -0.25) is 4.98 Å². The lowest BCUT2D eigenvalue weighted by Gasteiger charge is -2.32. The zero-order valence-corrected chi connectivity index (χ0v) is 12.3. The zero-order valence-electron chi connectivity index (χ0n) is 12.3. The molecule has 116 valence electrons. The van der Waals surface area contributed by atoms with Crippen molar-refractivity contribution in [2.24, 2.45) is 5.92 Å². The number of hydrogen-bond donors (Lipinski definition) is 2. The summed E-state index contributed by atoms with van der Waals surface area (Å²) >= 11 is 0. The van der Waals surface area contributed by atoms with Crippen LogP contribution in [0.4, 0.5) is 5.69 Å². The average Bonchev–Trinajstić information content (AvgIpc) is 2.91. The molecule has 2 heterocycles. The average molecular weight is 302 g/mol. The van der Waals surface area contributed by atoms with Gasteiger partial charge in [0.25, 0.3) is 0 Å². The number of nitrogens with zero attached hydrogens (tertiary/aromatic N) is 3. The van der Waals surface area contributed by atoms with Crippen molar-refractivity contribution in [2.75, 3.05) is 18.0 Å². The summed E-state index contributed by atoms with van der Waals surface area (Å²) in [6.45, 7) is 4.34. The zero-order chi connectivity index (χ0) is 15.7. The number of hydrogen-bond acceptors (Lipinski definition) is 4. The predicted molar refractivity (Wildman–Crippen MR) is 81.8 cm³/mol. The maximum absolute atomic E-state index is 11.7. The summed E-state index contributed by atoms with van der Waals surface area (Å²) < 4.78 is 1.06. The molecule has 0 unspecified atom stereocenters. The van der Waals surface area contributed by atoms with Gasteiger partial charge in [0.15, 0.2) is 0 Å². The van der Waals surface area contributed by atoms with E-state index >= 15 is 0 Å². The van der Waals surface area contributed by atoms with E-state index in [-0.39, 0.29) is 5.82 Å². The number of carboxylic acid groups (broad SMARTS) is 1. The monoisotopic (exact) mass is 302 g/mol. The van der Waals surface area contributed by atoms with Crippen molar-refractivity contribution in [3.05, 3.63) is 40.6 Å². The standard InChI is InChI=1S/C15H18N4O3/c1-10-6-8-18(9-7-10)11-2-4-12(5-3-11)19-15(22)16-13(17-19)14(20)21/h2-5,10H,6-9H2,1H3,(H,20,21)(H,16,17,22). The lowest BCUT2D eigenvalue weighted by molar-refractivity contribution is 0.0683. The Morgan fingerprint density at radius 1 is 1.23 bits per heavy atom. The van der Waals surface area contributed by atoms with Crippen LogP contribution in [0.5, 0.6) is 0 Å². The number of anilines is 1. The van der Waals surface area contributed by atoms with Gasteiger partial charge < -0.3 is 10.0 Å². The SMILES string of the molecule is CC1CCN(c2ccc(-n3nc(C(=O)O)[nH]c3=O)cc2)CC1. The van der Waals surface area contributed by atoms with Gasteiger partial charge in [-0.05, 0) is 43.0 Å². The summed E-state index contributed by atoms with van der Waals surface area (Å²) in [5, 5.41) is 12.6. The molecule has 0 bridgehead atoms. The molecule has 3 rings (SSSR count). The van der Waals surface area contributed by atoms with E-state index in [1.165, 1.54) is 12.8 Å². The molecule has 1 aromatic heterocycles. The smallest absolute Gasteiger partial charge is 0.373 e. The first-order chi connectivity index (χ1) is 10.5. The molecule has 7 heteroatoms. The third kappa shape index (κ3) is 2.74. The van der Waals surface area contributed by atoms with Crippen LogP contribution in [0.2, 0.25) is 0 Å². The number of aromatic carboxylic acids is 1. The Hall–Kier alpha value is -2.57. The van der Waals surface area contributed by atoms with Crippen molar-refractivity contribution >= 4 is 11.7 Å². The van der Waals surface area contributed by atoms with Crippen molar-refractivity contribution in [1.29, 1.82) is 0 Å². The first kappa shape index (κ1) is 14.4. The van der Waals surface area contributed by atoms with Gasteiger partial charge >= 0.3 is 11.7 Å². The second-order valence-electron chi connectivity index (χ2n) is 5.68. The lowest BCUT2D eigenvalue weighted by Crippen LogP contribution is -2.32. The van der Waals surface area contributed by atoms with Crippen molar-refractivity contribution in [1.82, 2.24) is 14.8 Å². The number of benzene rings is 1. The minimum absolute atomic E-state index is 0.362. The summed E-state index contributed by atoms with van der Waals surface area (Å²) in [5.74, 6) is -0.846. The van der Waals surface area contributed by atoms with E-state index in [1.807, 2.05) is 12.1 Å². The summed E-state index contributed by atoms with van der Waals surface area (Å²) in [4.78, 5) is 27.1. The van der Waals surface area contributed by atoms with E-state index in [9.17, 15) is 9.59 Å². The fraction of sp³-hybridized carbons (Fsp3) is 0.400. The minimum atomic E-state index is -1.25. The Kier molecular flexibility index (Phi) is 3.70. The molecule has 2 N–H and O–H groups in total. The first-order valence-corrected chi connectivity index (χ1v) is 7.32. The molecule has 0 atom stereocenters. The van der Waals surface area contributed by atoms with Crippen molar-refractivity contribution in [2.45, 2.75) is 19.8 Å². The van der Waals surface area contributed by atoms with Crippen LogP contribution in [0, 0.1) is 5.92 Å². The molecule has 0 aliphatic carbocycles. The molecule has 0 radical (unpaired) electrons. The number of nitrogens with one attached hydrogen (secondary N) is 1. The van der Waals surface area contributed by atoms with Gasteiger partial charge in [-0.1, -0.05) is 6.92 Å². The molecule has 22 heavy (non-hydrogen) atoms. The molecule has 1 saturated heterocycles. The normalized spacial score (nSPS) is 16.0. The summed E-state index contributed by atoms with van der Waals surface area (Å²) in [5.41, 5.74) is 1.09.